The summed E-state index contributed by atoms with van der Waals surface area (Å²) in [6, 6.07) is 10.1. The summed E-state index contributed by atoms with van der Waals surface area (Å²) >= 11 is 6.87. The van der Waals surface area contributed by atoms with Crippen LogP contribution < -0.4 is 10.2 Å². The fraction of sp³-hybridized carbons (Fsp3) is 0.154. The molecule has 0 amide bonds. The summed E-state index contributed by atoms with van der Waals surface area (Å²) in [6.45, 7) is 0. The van der Waals surface area contributed by atoms with E-state index in [-0.39, 0.29) is 0 Å². The summed E-state index contributed by atoms with van der Waals surface area (Å²) in [5, 5.41) is 3.29. The van der Waals surface area contributed by atoms with E-state index in [4.69, 9.17) is 0 Å². The normalized spacial score (nSPS) is 10.2. The highest BCUT2D eigenvalue weighted by molar-refractivity contribution is 9.11. The summed E-state index contributed by atoms with van der Waals surface area (Å²) in [6.07, 6.45) is 1.77. The van der Waals surface area contributed by atoms with E-state index in [1.807, 2.05) is 32.3 Å². The van der Waals surface area contributed by atoms with Gasteiger partial charge < -0.3 is 10.2 Å². The average molecular weight is 371 g/mol. The summed E-state index contributed by atoms with van der Waals surface area (Å²) < 4.78 is 1.87. The van der Waals surface area contributed by atoms with Crippen LogP contribution in [-0.4, -0.2) is 19.1 Å². The Balaban J connectivity index is 2.25. The van der Waals surface area contributed by atoms with Gasteiger partial charge in [0.25, 0.3) is 0 Å². The maximum atomic E-state index is 4.33. The molecule has 0 atom stereocenters. The lowest BCUT2D eigenvalue weighted by atomic mass is 10.2. The smallest absolute Gasteiger partial charge is 0.144 e. The topological polar surface area (TPSA) is 28.2 Å². The van der Waals surface area contributed by atoms with Crippen LogP contribution in [0.25, 0.3) is 0 Å². The van der Waals surface area contributed by atoms with Crippen LogP contribution >= 0.6 is 31.9 Å². The molecule has 0 saturated carbocycles. The van der Waals surface area contributed by atoms with E-state index < -0.39 is 0 Å². The lowest BCUT2D eigenvalue weighted by Gasteiger charge is -2.14. The van der Waals surface area contributed by atoms with Gasteiger partial charge in [0.05, 0.1) is 4.47 Å². The molecule has 0 bridgehead atoms. The molecule has 0 aliphatic heterocycles. The maximum absolute atomic E-state index is 4.33. The van der Waals surface area contributed by atoms with Gasteiger partial charge in [-0.2, -0.15) is 0 Å². The fourth-order valence-electron chi connectivity index (χ4n) is 1.51. The van der Waals surface area contributed by atoms with E-state index in [1.165, 1.54) is 0 Å². The Kier molecular flexibility index (Phi) is 4.24. The molecule has 2 aromatic rings. The summed E-state index contributed by atoms with van der Waals surface area (Å²) in [5.41, 5.74) is 2.16. The molecule has 5 heteroatoms. The zero-order valence-corrected chi connectivity index (χ0v) is 13.3. The number of pyridine rings is 1. The average Bonchev–Trinajstić information content (AvgIpc) is 2.33. The van der Waals surface area contributed by atoms with Crippen molar-refractivity contribution in [1.29, 1.82) is 0 Å². The first kappa shape index (κ1) is 13.4. The Morgan fingerprint density at radius 2 is 1.94 bits per heavy atom. The molecule has 1 aromatic heterocycles. The number of hydrogen-bond donors (Lipinski definition) is 1. The number of anilines is 3. The second kappa shape index (κ2) is 5.71. The van der Waals surface area contributed by atoms with Gasteiger partial charge >= 0.3 is 0 Å². The molecule has 18 heavy (non-hydrogen) atoms. The summed E-state index contributed by atoms with van der Waals surface area (Å²) in [4.78, 5) is 6.39. The SMILES string of the molecule is CN(C)c1cccc(Nc2ncc(Br)cc2Br)c1. The van der Waals surface area contributed by atoms with Crippen LogP contribution in [0.5, 0.6) is 0 Å². The third-order valence-electron chi connectivity index (χ3n) is 2.43. The molecule has 3 nitrogen and oxygen atoms in total. The number of benzene rings is 1. The third kappa shape index (κ3) is 3.23. The van der Waals surface area contributed by atoms with Gasteiger partial charge in [0.15, 0.2) is 0 Å². The van der Waals surface area contributed by atoms with Crippen LogP contribution in [0, 0.1) is 0 Å². The number of aromatic nitrogens is 1. The highest BCUT2D eigenvalue weighted by Crippen LogP contribution is 2.27. The highest BCUT2D eigenvalue weighted by Gasteiger charge is 2.03. The van der Waals surface area contributed by atoms with Crippen molar-refractivity contribution in [2.75, 3.05) is 24.3 Å². The van der Waals surface area contributed by atoms with Crippen molar-refractivity contribution < 1.29 is 0 Å². The highest BCUT2D eigenvalue weighted by atomic mass is 79.9. The minimum absolute atomic E-state index is 0.800. The second-order valence-electron chi connectivity index (χ2n) is 4.05. The number of nitrogens with one attached hydrogen (secondary N) is 1. The predicted molar refractivity (Wildman–Crippen MR) is 83.7 cm³/mol. The zero-order chi connectivity index (χ0) is 13.1. The minimum atomic E-state index is 0.800. The van der Waals surface area contributed by atoms with E-state index in [0.717, 1.165) is 26.1 Å². The minimum Gasteiger partial charge on any atom is -0.378 e. The van der Waals surface area contributed by atoms with Crippen molar-refractivity contribution in [2.24, 2.45) is 0 Å². The Morgan fingerprint density at radius 1 is 1.17 bits per heavy atom. The largest absolute Gasteiger partial charge is 0.378 e. The Morgan fingerprint density at radius 3 is 2.61 bits per heavy atom. The molecular formula is C13H13Br2N3. The molecule has 1 aromatic carbocycles. The van der Waals surface area contributed by atoms with Gasteiger partial charge in [-0.1, -0.05) is 6.07 Å². The molecule has 94 valence electrons. The Hall–Kier alpha value is -1.07. The third-order valence-corrected chi connectivity index (χ3v) is 3.47. The number of hydrogen-bond acceptors (Lipinski definition) is 3. The number of rotatable bonds is 3. The number of nitrogens with zero attached hydrogens (tertiary/aromatic N) is 2. The lowest BCUT2D eigenvalue weighted by Crippen LogP contribution is -2.08. The second-order valence-corrected chi connectivity index (χ2v) is 5.82. The molecular weight excluding hydrogens is 358 g/mol. The zero-order valence-electron chi connectivity index (χ0n) is 10.1. The van der Waals surface area contributed by atoms with Gasteiger partial charge in [0.1, 0.15) is 5.82 Å². The maximum Gasteiger partial charge on any atom is 0.144 e. The van der Waals surface area contributed by atoms with Gasteiger partial charge in [-0.05, 0) is 56.1 Å². The van der Waals surface area contributed by atoms with Crippen molar-refractivity contribution in [2.45, 2.75) is 0 Å². The van der Waals surface area contributed by atoms with Crippen LogP contribution in [0.3, 0.4) is 0 Å². The standard InChI is InChI=1S/C13H13Br2N3/c1-18(2)11-5-3-4-10(7-11)17-13-12(15)6-9(14)8-16-13/h3-8H,1-2H3,(H,16,17). The first-order chi connectivity index (χ1) is 8.56. The van der Waals surface area contributed by atoms with Gasteiger partial charge in [0, 0.05) is 36.1 Å². The van der Waals surface area contributed by atoms with Crippen molar-refractivity contribution in [1.82, 2.24) is 4.98 Å². The molecule has 0 aliphatic rings. The van der Waals surface area contributed by atoms with Crippen LogP contribution in [0.2, 0.25) is 0 Å². The molecule has 1 heterocycles. The van der Waals surface area contributed by atoms with E-state index in [9.17, 15) is 0 Å². The molecule has 0 saturated heterocycles. The van der Waals surface area contributed by atoms with E-state index >= 15 is 0 Å². The molecule has 1 N–H and O–H groups in total. The van der Waals surface area contributed by atoms with Crippen LogP contribution in [0.15, 0.2) is 45.5 Å². The first-order valence-electron chi connectivity index (χ1n) is 5.42. The molecule has 2 rings (SSSR count). The van der Waals surface area contributed by atoms with Crippen molar-refractivity contribution in [3.63, 3.8) is 0 Å². The van der Waals surface area contributed by atoms with Crippen molar-refractivity contribution in [3.8, 4) is 0 Å². The Bertz CT molecular complexity index is 556. The van der Waals surface area contributed by atoms with Gasteiger partial charge in [-0.25, -0.2) is 4.98 Å². The molecule has 0 radical (unpaired) electrons. The first-order valence-corrected chi connectivity index (χ1v) is 7.00. The molecule has 0 spiro atoms. The number of halogens is 2. The summed E-state index contributed by atoms with van der Waals surface area (Å²) in [7, 11) is 4.04. The van der Waals surface area contributed by atoms with E-state index in [0.29, 0.717) is 0 Å². The Labute approximate surface area is 123 Å². The quantitative estimate of drug-likeness (QED) is 0.866. The van der Waals surface area contributed by atoms with Gasteiger partial charge in [0.2, 0.25) is 0 Å². The fourth-order valence-corrected chi connectivity index (χ4v) is 2.59. The van der Waals surface area contributed by atoms with Crippen LogP contribution in [-0.2, 0) is 0 Å². The molecule has 0 fully saturated rings. The lowest BCUT2D eigenvalue weighted by molar-refractivity contribution is 1.13. The molecule has 0 aliphatic carbocycles. The predicted octanol–water partition coefficient (Wildman–Crippen LogP) is 4.42. The van der Waals surface area contributed by atoms with Crippen LogP contribution in [0.4, 0.5) is 17.2 Å². The van der Waals surface area contributed by atoms with Gasteiger partial charge in [-0.3, -0.25) is 0 Å². The molecule has 0 unspecified atom stereocenters. The monoisotopic (exact) mass is 369 g/mol. The summed E-state index contributed by atoms with van der Waals surface area (Å²) in [5.74, 6) is 0.800. The van der Waals surface area contributed by atoms with Crippen molar-refractivity contribution in [3.05, 3.63) is 45.5 Å². The van der Waals surface area contributed by atoms with E-state index in [1.54, 1.807) is 6.20 Å². The van der Waals surface area contributed by atoms with Gasteiger partial charge in [-0.15, -0.1) is 0 Å². The van der Waals surface area contributed by atoms with Crippen LogP contribution in [0.1, 0.15) is 0 Å². The van der Waals surface area contributed by atoms with Crippen molar-refractivity contribution >= 4 is 49.1 Å². The van der Waals surface area contributed by atoms with E-state index in [2.05, 4.69) is 59.2 Å².